The Kier molecular flexibility index (Phi) is 14.7. The molecule has 14 nitrogen and oxygen atoms in total. The maximum Gasteiger partial charge on any atom is 0.340 e. The second kappa shape index (κ2) is 15.4. The predicted octanol–water partition coefficient (Wildman–Crippen LogP) is -5.15. The Morgan fingerprint density at radius 2 is 1.03 bits per heavy atom. The predicted molar refractivity (Wildman–Crippen MR) is 102 cm³/mol. The van der Waals surface area contributed by atoms with Gasteiger partial charge in [0.1, 0.15) is 36.6 Å². The van der Waals surface area contributed by atoms with E-state index < -0.39 is 80.3 Å². The molecular formula is C18H34O14. The molecule has 0 aromatic carbocycles. The van der Waals surface area contributed by atoms with Crippen LogP contribution in [0, 0.1) is 0 Å². The van der Waals surface area contributed by atoms with Gasteiger partial charge in [0.15, 0.2) is 12.2 Å². The van der Waals surface area contributed by atoms with Crippen LogP contribution >= 0.6 is 0 Å². The molecule has 0 saturated carbocycles. The summed E-state index contributed by atoms with van der Waals surface area (Å²) in [7, 11) is 0. The van der Waals surface area contributed by atoms with Crippen LogP contribution in [0.2, 0.25) is 0 Å². The average molecular weight is 474 g/mol. The van der Waals surface area contributed by atoms with Crippen LogP contribution in [0.15, 0.2) is 0 Å². The van der Waals surface area contributed by atoms with Gasteiger partial charge in [0.2, 0.25) is 6.29 Å². The molecule has 0 amide bonds. The maximum atomic E-state index is 12.1. The minimum atomic E-state index is -2.41. The summed E-state index contributed by atoms with van der Waals surface area (Å²) in [6.07, 6.45) is -17.5. The van der Waals surface area contributed by atoms with Gasteiger partial charge >= 0.3 is 11.9 Å². The molecule has 10 N–H and O–H groups in total. The molecule has 0 aromatic heterocycles. The number of carbonyl (C=O) groups excluding carboxylic acids is 2. The number of rotatable bonds is 16. The molecule has 0 saturated heterocycles. The second-order valence-corrected chi connectivity index (χ2v) is 7.15. The van der Waals surface area contributed by atoms with E-state index in [1.807, 2.05) is 6.92 Å². The van der Waals surface area contributed by atoms with Gasteiger partial charge in [-0.15, -0.1) is 0 Å². The quantitative estimate of drug-likeness (QED) is 0.0570. The van der Waals surface area contributed by atoms with Crippen LogP contribution in [0.25, 0.3) is 0 Å². The van der Waals surface area contributed by atoms with Crippen molar-refractivity contribution in [3.63, 3.8) is 0 Å². The normalized spacial score (nSPS) is 20.2. The molecule has 0 radical (unpaired) electrons. The molecule has 8 atom stereocenters. The van der Waals surface area contributed by atoms with Gasteiger partial charge < -0.3 is 60.5 Å². The van der Waals surface area contributed by atoms with E-state index in [4.69, 9.17) is 19.7 Å². The van der Waals surface area contributed by atoms with Crippen molar-refractivity contribution < 1.29 is 70.1 Å². The fraction of sp³-hybridized carbons (Fsp3) is 0.889. The molecule has 8 unspecified atom stereocenters. The van der Waals surface area contributed by atoms with Crippen LogP contribution in [0.4, 0.5) is 0 Å². The van der Waals surface area contributed by atoms with E-state index in [2.05, 4.69) is 0 Å². The first kappa shape index (κ1) is 30.5. The molecule has 32 heavy (non-hydrogen) atoms. The fourth-order valence-corrected chi connectivity index (χ4v) is 2.43. The lowest BCUT2D eigenvalue weighted by Crippen LogP contribution is -2.51. The lowest BCUT2D eigenvalue weighted by atomic mass is 10.0. The summed E-state index contributed by atoms with van der Waals surface area (Å²) in [4.78, 5) is 24.1. The van der Waals surface area contributed by atoms with Crippen molar-refractivity contribution in [1.29, 1.82) is 0 Å². The highest BCUT2D eigenvalue weighted by Crippen LogP contribution is 2.15. The molecule has 0 aliphatic rings. The highest BCUT2D eigenvalue weighted by molar-refractivity contribution is 5.77. The van der Waals surface area contributed by atoms with Crippen molar-refractivity contribution in [2.45, 2.75) is 87.7 Å². The van der Waals surface area contributed by atoms with Gasteiger partial charge in [0, 0.05) is 6.42 Å². The van der Waals surface area contributed by atoms with E-state index in [-0.39, 0.29) is 6.42 Å². The van der Waals surface area contributed by atoms with Gasteiger partial charge in [0.05, 0.1) is 13.2 Å². The summed E-state index contributed by atoms with van der Waals surface area (Å²) in [5, 5.41) is 94.4. The van der Waals surface area contributed by atoms with Crippen LogP contribution in [-0.2, 0) is 19.1 Å². The Morgan fingerprint density at radius 1 is 0.656 bits per heavy atom. The summed E-state index contributed by atoms with van der Waals surface area (Å²) in [6.45, 7) is -0.114. The number of aliphatic hydroxyl groups excluding tert-OH is 10. The van der Waals surface area contributed by atoms with E-state index in [0.717, 1.165) is 0 Å². The van der Waals surface area contributed by atoms with Gasteiger partial charge in [-0.25, -0.2) is 9.59 Å². The molecule has 0 bridgehead atoms. The molecule has 0 fully saturated rings. The fourth-order valence-electron chi connectivity index (χ4n) is 2.43. The van der Waals surface area contributed by atoms with Crippen molar-refractivity contribution in [1.82, 2.24) is 0 Å². The third-order valence-electron chi connectivity index (χ3n) is 4.53. The Balaban J connectivity index is 5.20. The van der Waals surface area contributed by atoms with Crippen LogP contribution < -0.4 is 0 Å². The third kappa shape index (κ3) is 9.58. The van der Waals surface area contributed by atoms with E-state index in [0.29, 0.717) is 19.3 Å². The van der Waals surface area contributed by atoms with Gasteiger partial charge in [-0.2, -0.15) is 0 Å². The van der Waals surface area contributed by atoms with Crippen LogP contribution in [-0.4, -0.2) is 131 Å². The van der Waals surface area contributed by atoms with Gasteiger partial charge in [0.25, 0.3) is 0 Å². The van der Waals surface area contributed by atoms with Gasteiger partial charge in [-0.05, 0) is 6.42 Å². The standard InChI is InChI=1S/C18H34O14/c1-2-3-4-5-10(31-17(29)15(27)13(25)11(23)8(21)6-19)32-18(30)16(28)14(26)12(24)9(22)7-20/h8-16,19-28H,2-7H2,1H3. The first-order valence-electron chi connectivity index (χ1n) is 10.00. The molecular weight excluding hydrogens is 440 g/mol. The number of aliphatic hydroxyl groups is 10. The molecule has 0 aliphatic carbocycles. The molecule has 14 heteroatoms. The summed E-state index contributed by atoms with van der Waals surface area (Å²) >= 11 is 0. The SMILES string of the molecule is CCCCCC(OC(=O)C(O)C(O)C(O)C(O)CO)OC(=O)C(O)C(O)C(O)C(O)CO. The lowest BCUT2D eigenvalue weighted by molar-refractivity contribution is -0.211. The topological polar surface area (TPSA) is 255 Å². The van der Waals surface area contributed by atoms with Crippen LogP contribution in [0.5, 0.6) is 0 Å². The summed E-state index contributed by atoms with van der Waals surface area (Å²) < 4.78 is 9.56. The number of esters is 2. The zero-order chi connectivity index (χ0) is 25.0. The zero-order valence-corrected chi connectivity index (χ0v) is 17.5. The van der Waals surface area contributed by atoms with E-state index in [9.17, 15) is 50.4 Å². The molecule has 0 heterocycles. The number of carbonyl (C=O) groups is 2. The minimum absolute atomic E-state index is 0.124. The summed E-state index contributed by atoms with van der Waals surface area (Å²) in [6, 6.07) is 0. The smallest absolute Gasteiger partial charge is 0.340 e. The number of ether oxygens (including phenoxy) is 2. The third-order valence-corrected chi connectivity index (χ3v) is 4.53. The Morgan fingerprint density at radius 3 is 1.34 bits per heavy atom. The molecule has 190 valence electrons. The Bertz CT molecular complexity index is 504. The van der Waals surface area contributed by atoms with Crippen molar-refractivity contribution >= 4 is 11.9 Å². The number of hydrogen-bond acceptors (Lipinski definition) is 14. The largest absolute Gasteiger partial charge is 0.423 e. The Hall–Kier alpha value is -1.46. The van der Waals surface area contributed by atoms with Gasteiger partial charge in [-0.1, -0.05) is 19.8 Å². The average Bonchev–Trinajstić information content (AvgIpc) is 2.79. The first-order valence-corrected chi connectivity index (χ1v) is 10.00. The zero-order valence-electron chi connectivity index (χ0n) is 17.5. The maximum absolute atomic E-state index is 12.1. The molecule has 0 spiro atoms. The van der Waals surface area contributed by atoms with Crippen LogP contribution in [0.3, 0.4) is 0 Å². The Labute approximate surface area is 183 Å². The minimum Gasteiger partial charge on any atom is -0.423 e. The lowest BCUT2D eigenvalue weighted by Gasteiger charge is -2.27. The van der Waals surface area contributed by atoms with Crippen molar-refractivity contribution in [2.24, 2.45) is 0 Å². The first-order chi connectivity index (χ1) is 14.9. The monoisotopic (exact) mass is 474 g/mol. The van der Waals surface area contributed by atoms with Crippen molar-refractivity contribution in [2.75, 3.05) is 13.2 Å². The molecule has 0 rings (SSSR count). The summed E-state index contributed by atoms with van der Waals surface area (Å²) in [5.74, 6) is -3.14. The van der Waals surface area contributed by atoms with Crippen molar-refractivity contribution in [3.8, 4) is 0 Å². The second-order valence-electron chi connectivity index (χ2n) is 7.15. The summed E-state index contributed by atoms with van der Waals surface area (Å²) in [5.41, 5.74) is 0. The van der Waals surface area contributed by atoms with E-state index in [1.165, 1.54) is 0 Å². The van der Waals surface area contributed by atoms with Gasteiger partial charge in [-0.3, -0.25) is 0 Å². The highest BCUT2D eigenvalue weighted by atomic mass is 16.7. The highest BCUT2D eigenvalue weighted by Gasteiger charge is 2.39. The van der Waals surface area contributed by atoms with Crippen LogP contribution in [0.1, 0.15) is 32.6 Å². The number of unbranched alkanes of at least 4 members (excludes halogenated alkanes) is 2. The number of hydrogen-bond donors (Lipinski definition) is 10. The van der Waals surface area contributed by atoms with E-state index in [1.54, 1.807) is 0 Å². The molecule has 0 aromatic rings. The molecule has 0 aliphatic heterocycles. The van der Waals surface area contributed by atoms with Crippen molar-refractivity contribution in [3.05, 3.63) is 0 Å². The van der Waals surface area contributed by atoms with E-state index >= 15 is 0 Å².